The second kappa shape index (κ2) is 4.06. The Balaban J connectivity index is 2.01. The van der Waals surface area contributed by atoms with Gasteiger partial charge < -0.3 is 19.8 Å². The molecule has 1 aliphatic rings. The summed E-state index contributed by atoms with van der Waals surface area (Å²) in [6.45, 7) is 2.01. The van der Waals surface area contributed by atoms with Crippen molar-refractivity contribution in [1.82, 2.24) is 14.5 Å². The van der Waals surface area contributed by atoms with Crippen LogP contribution in [0.1, 0.15) is 19.6 Å². The van der Waals surface area contributed by atoms with Crippen molar-refractivity contribution in [3.8, 4) is 0 Å². The average Bonchev–Trinajstić information content (AvgIpc) is 2.93. The minimum Gasteiger partial charge on any atom is -0.383 e. The van der Waals surface area contributed by atoms with E-state index in [4.69, 9.17) is 10.5 Å². The van der Waals surface area contributed by atoms with Crippen molar-refractivity contribution in [2.45, 2.75) is 25.7 Å². The van der Waals surface area contributed by atoms with Crippen LogP contribution in [0.3, 0.4) is 0 Å². The Kier molecular flexibility index (Phi) is 2.52. The molecule has 6 nitrogen and oxygen atoms in total. The quantitative estimate of drug-likeness (QED) is 0.803. The Morgan fingerprint density at radius 1 is 1.56 bits per heavy atom. The maximum absolute atomic E-state index is 10.9. The molecule has 1 saturated heterocycles. The Bertz CT molecular complexity index is 595. The van der Waals surface area contributed by atoms with Gasteiger partial charge in [-0.05, 0) is 18.4 Å². The standard InChI is InChI=1S/C12H14N4O2/c1-7-4-10(18-9(7)5-17)16-3-2-8-11(13)14-6-15-12(8)16/h2-3,5-7,9-10H,4H2,1H3,(H2,13,14,15). The SMILES string of the molecule is CC1CC(n2ccc3c(N)ncnc32)OC1C=O. The van der Waals surface area contributed by atoms with E-state index in [1.165, 1.54) is 6.33 Å². The first kappa shape index (κ1) is 11.2. The molecule has 0 spiro atoms. The van der Waals surface area contributed by atoms with Crippen LogP contribution >= 0.6 is 0 Å². The van der Waals surface area contributed by atoms with Crippen molar-refractivity contribution in [2.75, 3.05) is 5.73 Å². The predicted octanol–water partition coefficient (Wildman–Crippen LogP) is 1.14. The number of nitrogen functional groups attached to an aromatic ring is 1. The number of hydrogen-bond acceptors (Lipinski definition) is 5. The van der Waals surface area contributed by atoms with Gasteiger partial charge in [0.05, 0.1) is 5.39 Å². The van der Waals surface area contributed by atoms with Crippen LogP contribution < -0.4 is 5.73 Å². The molecule has 2 N–H and O–H groups in total. The molecule has 6 heteroatoms. The Labute approximate surface area is 104 Å². The van der Waals surface area contributed by atoms with Crippen molar-refractivity contribution in [2.24, 2.45) is 5.92 Å². The highest BCUT2D eigenvalue weighted by molar-refractivity contribution is 5.86. The number of fused-ring (bicyclic) bond motifs is 1. The topological polar surface area (TPSA) is 83.0 Å². The zero-order valence-electron chi connectivity index (χ0n) is 9.98. The highest BCUT2D eigenvalue weighted by Crippen LogP contribution is 2.34. The molecule has 1 aliphatic heterocycles. The van der Waals surface area contributed by atoms with Crippen molar-refractivity contribution in [3.05, 3.63) is 18.6 Å². The van der Waals surface area contributed by atoms with E-state index in [0.29, 0.717) is 5.82 Å². The summed E-state index contributed by atoms with van der Waals surface area (Å²) in [5.41, 5.74) is 6.53. The summed E-state index contributed by atoms with van der Waals surface area (Å²) in [5, 5.41) is 0.809. The molecule has 18 heavy (non-hydrogen) atoms. The van der Waals surface area contributed by atoms with Crippen molar-refractivity contribution in [1.29, 1.82) is 0 Å². The number of carbonyl (C=O) groups is 1. The predicted molar refractivity (Wildman–Crippen MR) is 65.7 cm³/mol. The molecule has 3 unspecified atom stereocenters. The summed E-state index contributed by atoms with van der Waals surface area (Å²) in [6.07, 6.45) is 4.45. The molecule has 0 bridgehead atoms. The summed E-state index contributed by atoms with van der Waals surface area (Å²) >= 11 is 0. The van der Waals surface area contributed by atoms with Gasteiger partial charge in [0.2, 0.25) is 0 Å². The number of hydrogen-bond donors (Lipinski definition) is 1. The summed E-state index contributed by atoms with van der Waals surface area (Å²) < 4.78 is 7.62. The molecule has 0 aliphatic carbocycles. The Morgan fingerprint density at radius 3 is 3.11 bits per heavy atom. The van der Waals surface area contributed by atoms with Crippen molar-refractivity contribution < 1.29 is 9.53 Å². The maximum atomic E-state index is 10.9. The van der Waals surface area contributed by atoms with Crippen LogP contribution in [-0.2, 0) is 9.53 Å². The monoisotopic (exact) mass is 246 g/mol. The van der Waals surface area contributed by atoms with Crippen LogP contribution in [-0.4, -0.2) is 26.9 Å². The van der Waals surface area contributed by atoms with Gasteiger partial charge in [0, 0.05) is 6.20 Å². The summed E-state index contributed by atoms with van der Waals surface area (Å²) in [7, 11) is 0. The van der Waals surface area contributed by atoms with E-state index in [2.05, 4.69) is 9.97 Å². The van der Waals surface area contributed by atoms with Gasteiger partial charge in [0.15, 0.2) is 0 Å². The Morgan fingerprint density at radius 2 is 2.39 bits per heavy atom. The molecule has 3 atom stereocenters. The van der Waals surface area contributed by atoms with Gasteiger partial charge >= 0.3 is 0 Å². The molecule has 0 radical (unpaired) electrons. The lowest BCUT2D eigenvalue weighted by Crippen LogP contribution is -2.15. The van der Waals surface area contributed by atoms with E-state index in [9.17, 15) is 4.79 Å². The third-order valence-corrected chi connectivity index (χ3v) is 3.43. The van der Waals surface area contributed by atoms with Gasteiger partial charge in [-0.25, -0.2) is 9.97 Å². The van der Waals surface area contributed by atoms with Gasteiger partial charge in [-0.1, -0.05) is 6.92 Å². The number of aldehydes is 1. The van der Waals surface area contributed by atoms with E-state index < -0.39 is 0 Å². The molecule has 1 fully saturated rings. The molecule has 0 aromatic carbocycles. The summed E-state index contributed by atoms with van der Waals surface area (Å²) in [4.78, 5) is 19.0. The lowest BCUT2D eigenvalue weighted by Gasteiger charge is -2.13. The molecule has 2 aromatic heterocycles. The molecule has 3 heterocycles. The first-order valence-corrected chi connectivity index (χ1v) is 5.88. The second-order valence-electron chi connectivity index (χ2n) is 4.62. The number of nitrogens with two attached hydrogens (primary N) is 1. The number of aromatic nitrogens is 3. The number of carbonyl (C=O) groups excluding carboxylic acids is 1. The molecule has 0 saturated carbocycles. The molecular weight excluding hydrogens is 232 g/mol. The normalized spacial score (nSPS) is 27.7. The lowest BCUT2D eigenvalue weighted by molar-refractivity contribution is -0.120. The second-order valence-corrected chi connectivity index (χ2v) is 4.62. The fourth-order valence-electron chi connectivity index (χ4n) is 2.39. The number of rotatable bonds is 2. The van der Waals surface area contributed by atoms with Crippen molar-refractivity contribution in [3.63, 3.8) is 0 Å². The largest absolute Gasteiger partial charge is 0.383 e. The van der Waals surface area contributed by atoms with Gasteiger partial charge in [0.25, 0.3) is 0 Å². The van der Waals surface area contributed by atoms with E-state index in [1.807, 2.05) is 23.8 Å². The fourth-order valence-corrected chi connectivity index (χ4v) is 2.39. The van der Waals surface area contributed by atoms with E-state index in [0.717, 1.165) is 23.7 Å². The third kappa shape index (κ3) is 1.57. The van der Waals surface area contributed by atoms with E-state index in [1.54, 1.807) is 0 Å². The maximum Gasteiger partial charge on any atom is 0.149 e. The molecule has 0 amide bonds. The minimum atomic E-state index is -0.341. The van der Waals surface area contributed by atoms with Crippen LogP contribution in [0, 0.1) is 5.92 Å². The Hall–Kier alpha value is -1.95. The van der Waals surface area contributed by atoms with Crippen LogP contribution in [0.25, 0.3) is 11.0 Å². The van der Waals surface area contributed by atoms with E-state index in [-0.39, 0.29) is 18.2 Å². The third-order valence-electron chi connectivity index (χ3n) is 3.43. The van der Waals surface area contributed by atoms with Crippen molar-refractivity contribution >= 4 is 23.1 Å². The van der Waals surface area contributed by atoms with Crippen LogP contribution in [0.5, 0.6) is 0 Å². The van der Waals surface area contributed by atoms with Gasteiger partial charge in [-0.3, -0.25) is 0 Å². The van der Waals surface area contributed by atoms with Gasteiger partial charge in [-0.2, -0.15) is 0 Å². The number of nitrogens with zero attached hydrogens (tertiary/aromatic N) is 3. The molecule has 3 rings (SSSR count). The lowest BCUT2D eigenvalue weighted by atomic mass is 10.0. The van der Waals surface area contributed by atoms with Gasteiger partial charge in [0.1, 0.15) is 36.4 Å². The highest BCUT2D eigenvalue weighted by Gasteiger charge is 2.33. The zero-order chi connectivity index (χ0) is 12.7. The van der Waals surface area contributed by atoms with Crippen LogP contribution in [0.2, 0.25) is 0 Å². The van der Waals surface area contributed by atoms with Crippen LogP contribution in [0.4, 0.5) is 5.82 Å². The van der Waals surface area contributed by atoms with E-state index >= 15 is 0 Å². The smallest absolute Gasteiger partial charge is 0.149 e. The number of ether oxygens (including phenoxy) is 1. The fraction of sp³-hybridized carbons (Fsp3) is 0.417. The minimum absolute atomic E-state index is 0.165. The first-order valence-electron chi connectivity index (χ1n) is 5.88. The summed E-state index contributed by atoms with van der Waals surface area (Å²) in [6, 6.07) is 1.87. The first-order chi connectivity index (χ1) is 8.70. The molecule has 94 valence electrons. The summed E-state index contributed by atoms with van der Waals surface area (Å²) in [5.74, 6) is 0.667. The van der Waals surface area contributed by atoms with Crippen LogP contribution in [0.15, 0.2) is 18.6 Å². The molecule has 2 aromatic rings. The number of anilines is 1. The zero-order valence-corrected chi connectivity index (χ0v) is 9.98. The average molecular weight is 246 g/mol. The van der Waals surface area contributed by atoms with Gasteiger partial charge in [-0.15, -0.1) is 0 Å². The molecular formula is C12H14N4O2. The highest BCUT2D eigenvalue weighted by atomic mass is 16.5.